The Kier molecular flexibility index (Phi) is 5.05. The maximum Gasteiger partial charge on any atom is 0.227 e. The van der Waals surface area contributed by atoms with Crippen molar-refractivity contribution in [3.8, 4) is 34.0 Å². The van der Waals surface area contributed by atoms with Gasteiger partial charge in [-0.2, -0.15) is 0 Å². The predicted molar refractivity (Wildman–Crippen MR) is 193 cm³/mol. The molecule has 0 bridgehead atoms. The van der Waals surface area contributed by atoms with E-state index in [1.165, 1.54) is 0 Å². The summed E-state index contributed by atoms with van der Waals surface area (Å²) in [4.78, 5) is 7.29. The number of benzene rings is 7. The Morgan fingerprint density at radius 2 is 1.04 bits per heavy atom. The van der Waals surface area contributed by atoms with Crippen molar-refractivity contribution in [1.29, 1.82) is 0 Å². The van der Waals surface area contributed by atoms with Crippen LogP contribution in [0.4, 0.5) is 17.1 Å². The van der Waals surface area contributed by atoms with E-state index in [1.807, 2.05) is 54.6 Å². The first-order valence-corrected chi connectivity index (χ1v) is 16.0. The molecule has 5 heteroatoms. The molecule has 0 amide bonds. The van der Waals surface area contributed by atoms with Gasteiger partial charge >= 0.3 is 0 Å². The predicted octanol–water partition coefficient (Wildman–Crippen LogP) is 12.4. The molecule has 224 valence electrons. The van der Waals surface area contributed by atoms with Crippen LogP contribution in [0.15, 0.2) is 159 Å². The van der Waals surface area contributed by atoms with Crippen molar-refractivity contribution < 1.29 is 13.3 Å². The van der Waals surface area contributed by atoms with Gasteiger partial charge in [0.15, 0.2) is 5.76 Å². The van der Waals surface area contributed by atoms with Crippen LogP contribution in [0.3, 0.4) is 0 Å². The minimum Gasteiger partial charge on any atom is -0.456 e. The molecule has 5 nitrogen and oxygen atoms in total. The fraction of sp³-hybridized carbons (Fsp3) is 0. The Balaban J connectivity index is 1.14. The van der Waals surface area contributed by atoms with Crippen molar-refractivity contribution in [1.82, 2.24) is 4.98 Å². The molecule has 0 N–H and O–H groups in total. The zero-order valence-electron chi connectivity index (χ0n) is 25.5. The summed E-state index contributed by atoms with van der Waals surface area (Å²) in [5.74, 6) is 1.44. The first kappa shape index (κ1) is 25.6. The third-order valence-electron chi connectivity index (χ3n) is 9.65. The van der Waals surface area contributed by atoms with Crippen LogP contribution < -0.4 is 4.90 Å². The second kappa shape index (κ2) is 9.47. The molecule has 0 atom stereocenters. The Labute approximate surface area is 273 Å². The summed E-state index contributed by atoms with van der Waals surface area (Å²) in [5, 5.41) is 6.63. The molecule has 0 unspecified atom stereocenters. The van der Waals surface area contributed by atoms with Crippen LogP contribution in [0.5, 0.6) is 0 Å². The second-order valence-corrected chi connectivity index (χ2v) is 12.3. The highest BCUT2D eigenvalue weighted by atomic mass is 16.4. The number of hydrogen-bond acceptors (Lipinski definition) is 5. The van der Waals surface area contributed by atoms with Crippen molar-refractivity contribution in [2.45, 2.75) is 0 Å². The number of fused-ring (bicyclic) bond motifs is 9. The summed E-state index contributed by atoms with van der Waals surface area (Å²) >= 11 is 0. The van der Waals surface area contributed by atoms with E-state index in [-0.39, 0.29) is 0 Å². The first-order chi connectivity index (χ1) is 23.8. The molecule has 1 aliphatic rings. The first-order valence-electron chi connectivity index (χ1n) is 16.0. The summed E-state index contributed by atoms with van der Waals surface area (Å²) in [5.41, 5.74) is 10.4. The van der Waals surface area contributed by atoms with Gasteiger partial charge in [0.05, 0.1) is 5.69 Å². The third kappa shape index (κ3) is 3.53. The average molecular weight is 617 g/mol. The van der Waals surface area contributed by atoms with Gasteiger partial charge in [-0.15, -0.1) is 0 Å². The molecule has 3 aromatic heterocycles. The van der Waals surface area contributed by atoms with Crippen molar-refractivity contribution in [3.05, 3.63) is 146 Å². The molecule has 0 saturated carbocycles. The molecule has 1 aliphatic carbocycles. The normalized spacial score (nSPS) is 12.2. The second-order valence-electron chi connectivity index (χ2n) is 12.3. The molecule has 0 radical (unpaired) electrons. The smallest absolute Gasteiger partial charge is 0.227 e. The minimum atomic E-state index is 0.632. The van der Waals surface area contributed by atoms with Crippen molar-refractivity contribution in [2.24, 2.45) is 0 Å². The van der Waals surface area contributed by atoms with E-state index < -0.39 is 0 Å². The van der Waals surface area contributed by atoms with E-state index in [0.29, 0.717) is 5.89 Å². The van der Waals surface area contributed by atoms with Gasteiger partial charge in [0.2, 0.25) is 5.89 Å². The number of oxazole rings is 1. The monoisotopic (exact) mass is 616 g/mol. The third-order valence-corrected chi connectivity index (χ3v) is 9.65. The fourth-order valence-corrected chi connectivity index (χ4v) is 7.50. The maximum atomic E-state index is 6.46. The summed E-state index contributed by atoms with van der Waals surface area (Å²) in [6, 6.07) is 50.2. The van der Waals surface area contributed by atoms with Gasteiger partial charge in [-0.05, 0) is 60.7 Å². The standard InChI is InChI=1S/C43H24N2O3/c1-2-9-25(10-3-1)43-44-41-33-14-8-13-32-35(22-21-34(40(32)33)42(41)48-43)45(26-17-19-30-28-11-4-6-15-36(28)46-38(30)23-26)27-18-20-31-29-12-5-7-16-37(29)47-39(31)24-27/h1-24H. The van der Waals surface area contributed by atoms with Gasteiger partial charge in [0, 0.05) is 72.5 Å². The number of hydrogen-bond donors (Lipinski definition) is 0. The molecule has 0 saturated heterocycles. The molecule has 48 heavy (non-hydrogen) atoms. The summed E-state index contributed by atoms with van der Waals surface area (Å²) in [6.07, 6.45) is 0. The highest BCUT2D eigenvalue weighted by molar-refractivity contribution is 6.18. The summed E-state index contributed by atoms with van der Waals surface area (Å²) in [6.45, 7) is 0. The lowest BCUT2D eigenvalue weighted by Gasteiger charge is -2.27. The maximum absolute atomic E-state index is 6.46. The highest BCUT2D eigenvalue weighted by Crippen LogP contribution is 2.52. The highest BCUT2D eigenvalue weighted by Gasteiger charge is 2.30. The lowest BCUT2D eigenvalue weighted by atomic mass is 10.0. The number of para-hydroxylation sites is 2. The number of furan rings is 2. The Morgan fingerprint density at radius 3 is 1.73 bits per heavy atom. The van der Waals surface area contributed by atoms with E-state index in [0.717, 1.165) is 99.9 Å². The van der Waals surface area contributed by atoms with Crippen molar-refractivity contribution in [3.63, 3.8) is 0 Å². The van der Waals surface area contributed by atoms with Crippen LogP contribution in [-0.4, -0.2) is 4.98 Å². The quantitative estimate of drug-likeness (QED) is 0.197. The Hall–Kier alpha value is -6.59. The lowest BCUT2D eigenvalue weighted by molar-refractivity contribution is 0.590. The molecule has 0 fully saturated rings. The van der Waals surface area contributed by atoms with Gasteiger partial charge in [0.1, 0.15) is 28.0 Å². The molecule has 7 aromatic carbocycles. The molecular formula is C43H24N2O3. The molecule has 10 aromatic rings. The number of aromatic nitrogens is 1. The zero-order valence-corrected chi connectivity index (χ0v) is 25.5. The van der Waals surface area contributed by atoms with Gasteiger partial charge in [-0.25, -0.2) is 4.98 Å². The fourth-order valence-electron chi connectivity index (χ4n) is 7.50. The topological polar surface area (TPSA) is 55.6 Å². The Morgan fingerprint density at radius 1 is 0.438 bits per heavy atom. The minimum absolute atomic E-state index is 0.632. The largest absolute Gasteiger partial charge is 0.456 e. The van der Waals surface area contributed by atoms with Crippen LogP contribution in [0.1, 0.15) is 0 Å². The van der Waals surface area contributed by atoms with Gasteiger partial charge in [0.25, 0.3) is 0 Å². The van der Waals surface area contributed by atoms with Gasteiger partial charge < -0.3 is 18.2 Å². The molecule has 11 rings (SSSR count). The molecule has 3 heterocycles. The van der Waals surface area contributed by atoms with Crippen LogP contribution in [0.25, 0.3) is 88.7 Å². The van der Waals surface area contributed by atoms with E-state index in [1.54, 1.807) is 0 Å². The zero-order chi connectivity index (χ0) is 31.3. The van der Waals surface area contributed by atoms with E-state index in [2.05, 4.69) is 95.9 Å². The number of rotatable bonds is 4. The van der Waals surface area contributed by atoms with E-state index in [9.17, 15) is 0 Å². The van der Waals surface area contributed by atoms with Gasteiger partial charge in [-0.3, -0.25) is 0 Å². The number of anilines is 3. The number of nitrogens with zero attached hydrogens (tertiary/aromatic N) is 2. The Bertz CT molecular complexity index is 2770. The summed E-state index contributed by atoms with van der Waals surface area (Å²) in [7, 11) is 0. The molecular weight excluding hydrogens is 592 g/mol. The van der Waals surface area contributed by atoms with Crippen molar-refractivity contribution >= 4 is 71.7 Å². The SMILES string of the molecule is c1ccc(-c2nc3c(o2)-c2ccc(N(c4ccc5c(c4)oc4ccccc45)c4ccc5c(c4)oc4ccccc45)c4cccc-3c24)cc1. The van der Waals surface area contributed by atoms with Crippen LogP contribution >= 0.6 is 0 Å². The molecule has 0 aliphatic heterocycles. The van der Waals surface area contributed by atoms with E-state index in [4.69, 9.17) is 18.2 Å². The average Bonchev–Trinajstić information content (AvgIpc) is 3.90. The van der Waals surface area contributed by atoms with E-state index >= 15 is 0 Å². The van der Waals surface area contributed by atoms with Crippen LogP contribution in [0.2, 0.25) is 0 Å². The lowest BCUT2D eigenvalue weighted by Crippen LogP contribution is -2.10. The summed E-state index contributed by atoms with van der Waals surface area (Å²) < 4.78 is 19.2. The van der Waals surface area contributed by atoms with Crippen molar-refractivity contribution in [2.75, 3.05) is 4.90 Å². The molecule has 0 spiro atoms. The van der Waals surface area contributed by atoms with Gasteiger partial charge in [-0.1, -0.05) is 72.8 Å². The van der Waals surface area contributed by atoms with Crippen LogP contribution in [-0.2, 0) is 0 Å². The van der Waals surface area contributed by atoms with Crippen LogP contribution in [0, 0.1) is 0 Å².